The van der Waals surface area contributed by atoms with Crippen LogP contribution in [-0.4, -0.2) is 20.2 Å². The van der Waals surface area contributed by atoms with Gasteiger partial charge in [-0.2, -0.15) is 8.42 Å². The minimum Gasteiger partial charge on any atom is -0.456 e. The van der Waals surface area contributed by atoms with E-state index in [0.717, 1.165) is 3.57 Å². The normalized spacial score (nSPS) is 11.5. The first kappa shape index (κ1) is 23.4. The first-order valence-electron chi connectivity index (χ1n) is 9.17. The SMILES string of the molecule is NS(=O)(=O)NC(=O)C(=Cc1ccc(Oc2ccccc2I)cc1)NC(=O)c1ccccc1. The predicted molar refractivity (Wildman–Crippen MR) is 129 cm³/mol. The smallest absolute Gasteiger partial charge is 0.299 e. The third kappa shape index (κ3) is 6.90. The van der Waals surface area contributed by atoms with E-state index in [2.05, 4.69) is 27.9 Å². The van der Waals surface area contributed by atoms with Crippen molar-refractivity contribution < 1.29 is 22.7 Å². The molecule has 0 aliphatic carbocycles. The van der Waals surface area contributed by atoms with Gasteiger partial charge in [-0.05, 0) is 70.6 Å². The molecule has 3 aromatic rings. The molecule has 0 fully saturated rings. The molecule has 3 rings (SSSR count). The van der Waals surface area contributed by atoms with Gasteiger partial charge in [0.2, 0.25) is 0 Å². The second kappa shape index (κ2) is 10.4. The number of hydrogen-bond donors (Lipinski definition) is 3. The number of nitrogens with one attached hydrogen (secondary N) is 2. The van der Waals surface area contributed by atoms with Gasteiger partial charge >= 0.3 is 0 Å². The van der Waals surface area contributed by atoms with Gasteiger partial charge < -0.3 is 10.1 Å². The second-order valence-corrected chi connectivity index (χ2v) is 8.91. The number of ether oxygens (including phenoxy) is 1. The van der Waals surface area contributed by atoms with Crippen LogP contribution in [0.3, 0.4) is 0 Å². The summed E-state index contributed by atoms with van der Waals surface area (Å²) in [6, 6.07) is 22.4. The van der Waals surface area contributed by atoms with Gasteiger partial charge in [0.15, 0.2) is 0 Å². The topological polar surface area (TPSA) is 128 Å². The average molecular weight is 563 g/mol. The van der Waals surface area contributed by atoms with E-state index in [0.29, 0.717) is 22.6 Å². The Bertz CT molecular complexity index is 1260. The number of hydrogen-bond acceptors (Lipinski definition) is 5. The maximum Gasteiger partial charge on any atom is 0.299 e. The molecular formula is C22H18IN3O5S. The van der Waals surface area contributed by atoms with E-state index in [4.69, 9.17) is 9.88 Å². The Labute approximate surface area is 198 Å². The molecule has 0 aliphatic heterocycles. The Morgan fingerprint density at radius 1 is 0.906 bits per heavy atom. The van der Waals surface area contributed by atoms with Crippen LogP contribution >= 0.6 is 22.6 Å². The molecule has 4 N–H and O–H groups in total. The van der Waals surface area contributed by atoms with E-state index in [9.17, 15) is 18.0 Å². The third-order valence-electron chi connectivity index (χ3n) is 4.02. The molecule has 0 unspecified atom stereocenters. The minimum absolute atomic E-state index is 0.292. The van der Waals surface area contributed by atoms with Gasteiger partial charge in [-0.15, -0.1) is 0 Å². The summed E-state index contributed by atoms with van der Waals surface area (Å²) in [6.07, 6.45) is 1.33. The monoisotopic (exact) mass is 563 g/mol. The van der Waals surface area contributed by atoms with Gasteiger partial charge in [0.25, 0.3) is 22.0 Å². The molecule has 3 aromatic carbocycles. The fourth-order valence-corrected chi connectivity index (χ4v) is 3.45. The van der Waals surface area contributed by atoms with Crippen molar-refractivity contribution in [1.29, 1.82) is 0 Å². The van der Waals surface area contributed by atoms with Gasteiger partial charge in [-0.3, -0.25) is 9.59 Å². The quantitative estimate of drug-likeness (QED) is 0.301. The number of amides is 2. The molecule has 32 heavy (non-hydrogen) atoms. The molecule has 0 aliphatic rings. The molecule has 0 aromatic heterocycles. The van der Waals surface area contributed by atoms with Crippen molar-refractivity contribution >= 4 is 50.7 Å². The van der Waals surface area contributed by atoms with Gasteiger partial charge in [0, 0.05) is 5.56 Å². The van der Waals surface area contributed by atoms with Crippen LogP contribution in [0.2, 0.25) is 0 Å². The highest BCUT2D eigenvalue weighted by atomic mass is 127. The number of para-hydroxylation sites is 1. The molecule has 0 radical (unpaired) electrons. The van der Waals surface area contributed by atoms with Crippen LogP contribution in [0.25, 0.3) is 6.08 Å². The predicted octanol–water partition coefficient (Wildman–Crippen LogP) is 3.17. The zero-order chi connectivity index (χ0) is 23.1. The zero-order valence-corrected chi connectivity index (χ0v) is 19.5. The lowest BCUT2D eigenvalue weighted by Gasteiger charge is -2.11. The van der Waals surface area contributed by atoms with Gasteiger partial charge in [0.1, 0.15) is 17.2 Å². The van der Waals surface area contributed by atoms with Crippen LogP contribution in [0.15, 0.2) is 84.6 Å². The molecule has 2 amide bonds. The second-order valence-electron chi connectivity index (χ2n) is 6.46. The van der Waals surface area contributed by atoms with E-state index in [-0.39, 0.29) is 5.70 Å². The maximum absolute atomic E-state index is 12.5. The lowest BCUT2D eigenvalue weighted by Crippen LogP contribution is -2.41. The Morgan fingerprint density at radius 3 is 2.16 bits per heavy atom. The van der Waals surface area contributed by atoms with Gasteiger partial charge in [-0.25, -0.2) is 9.86 Å². The molecule has 0 saturated heterocycles. The van der Waals surface area contributed by atoms with Crippen LogP contribution in [0.1, 0.15) is 15.9 Å². The van der Waals surface area contributed by atoms with E-state index < -0.39 is 22.0 Å². The summed E-state index contributed by atoms with van der Waals surface area (Å²) in [5.74, 6) is -0.397. The molecule has 10 heteroatoms. The fourth-order valence-electron chi connectivity index (χ4n) is 2.58. The van der Waals surface area contributed by atoms with Crippen molar-refractivity contribution in [3.05, 3.63) is 99.3 Å². The van der Waals surface area contributed by atoms with Crippen molar-refractivity contribution in [2.75, 3.05) is 0 Å². The van der Waals surface area contributed by atoms with Gasteiger partial charge in [0.05, 0.1) is 3.57 Å². The number of carbonyl (C=O) groups excluding carboxylic acids is 2. The van der Waals surface area contributed by atoms with Crippen LogP contribution < -0.4 is 19.9 Å². The van der Waals surface area contributed by atoms with E-state index in [1.54, 1.807) is 59.3 Å². The summed E-state index contributed by atoms with van der Waals surface area (Å²) < 4.78 is 31.0. The van der Waals surface area contributed by atoms with Crippen molar-refractivity contribution in [3.8, 4) is 11.5 Å². The Hall–Kier alpha value is -3.22. The average Bonchev–Trinajstić information content (AvgIpc) is 2.75. The standard InChI is InChI=1S/C22H18IN3O5S/c23-18-8-4-5-9-20(18)31-17-12-10-15(11-13-17)14-19(22(28)26-32(24,29)30)25-21(27)16-6-2-1-3-7-16/h1-14H,(H,25,27)(H,26,28)(H2,24,29,30). The Kier molecular flexibility index (Phi) is 7.62. The molecule has 0 spiro atoms. The van der Waals surface area contributed by atoms with Crippen LogP contribution in [0.4, 0.5) is 0 Å². The maximum atomic E-state index is 12.5. The first-order chi connectivity index (χ1) is 15.2. The van der Waals surface area contributed by atoms with E-state index >= 15 is 0 Å². The van der Waals surface area contributed by atoms with Crippen LogP contribution in [-0.2, 0) is 15.0 Å². The number of carbonyl (C=O) groups is 2. The van der Waals surface area contributed by atoms with E-state index in [1.165, 1.54) is 6.08 Å². The summed E-state index contributed by atoms with van der Waals surface area (Å²) >= 11 is 2.16. The summed E-state index contributed by atoms with van der Waals surface area (Å²) in [7, 11) is -4.32. The molecular weight excluding hydrogens is 545 g/mol. The van der Waals surface area contributed by atoms with E-state index in [1.807, 2.05) is 24.3 Å². The lowest BCUT2D eigenvalue weighted by molar-refractivity contribution is -0.116. The largest absolute Gasteiger partial charge is 0.456 e. The number of nitrogens with two attached hydrogens (primary N) is 1. The Balaban J connectivity index is 1.84. The number of benzene rings is 3. The summed E-state index contributed by atoms with van der Waals surface area (Å²) in [4.78, 5) is 24.9. The van der Waals surface area contributed by atoms with Gasteiger partial charge in [-0.1, -0.05) is 42.5 Å². The highest BCUT2D eigenvalue weighted by Crippen LogP contribution is 2.26. The van der Waals surface area contributed by atoms with Crippen molar-refractivity contribution in [2.45, 2.75) is 0 Å². The van der Waals surface area contributed by atoms with Crippen molar-refractivity contribution in [3.63, 3.8) is 0 Å². The highest BCUT2D eigenvalue weighted by Gasteiger charge is 2.18. The van der Waals surface area contributed by atoms with Crippen LogP contribution in [0, 0.1) is 3.57 Å². The molecule has 0 bridgehead atoms. The summed E-state index contributed by atoms with van der Waals surface area (Å²) in [5, 5.41) is 7.32. The molecule has 0 saturated carbocycles. The summed E-state index contributed by atoms with van der Waals surface area (Å²) in [6.45, 7) is 0. The number of rotatable bonds is 7. The zero-order valence-electron chi connectivity index (χ0n) is 16.5. The fraction of sp³-hybridized carbons (Fsp3) is 0. The molecule has 0 atom stereocenters. The number of halogens is 1. The third-order valence-corrected chi connectivity index (χ3v) is 5.38. The molecule has 0 heterocycles. The highest BCUT2D eigenvalue weighted by molar-refractivity contribution is 14.1. The van der Waals surface area contributed by atoms with Crippen LogP contribution in [0.5, 0.6) is 11.5 Å². The summed E-state index contributed by atoms with van der Waals surface area (Å²) in [5.41, 5.74) is 0.523. The molecule has 164 valence electrons. The molecule has 8 nitrogen and oxygen atoms in total. The Morgan fingerprint density at radius 2 is 1.53 bits per heavy atom. The van der Waals surface area contributed by atoms with Crippen molar-refractivity contribution in [2.24, 2.45) is 5.14 Å². The lowest BCUT2D eigenvalue weighted by atomic mass is 10.1. The minimum atomic E-state index is -4.32. The first-order valence-corrected chi connectivity index (χ1v) is 11.8. The van der Waals surface area contributed by atoms with Crippen molar-refractivity contribution in [1.82, 2.24) is 10.0 Å².